The van der Waals surface area contributed by atoms with Crippen LogP contribution in [0.25, 0.3) is 0 Å². The fourth-order valence-electron chi connectivity index (χ4n) is 2.50. The van der Waals surface area contributed by atoms with E-state index in [9.17, 15) is 5.26 Å². The lowest BCUT2D eigenvalue weighted by molar-refractivity contribution is 0.301. The smallest absolute Gasteiger partial charge is 0.146 e. The predicted octanol–water partition coefficient (Wildman–Crippen LogP) is 1.65. The van der Waals surface area contributed by atoms with Gasteiger partial charge in [0.25, 0.3) is 0 Å². The molecule has 96 valence electrons. The average Bonchev–Trinajstić information content (AvgIpc) is 2.84. The maximum Gasteiger partial charge on any atom is 0.146 e. The molecule has 1 heterocycles. The molecule has 1 aliphatic carbocycles. The average molecular weight is 245 g/mol. The predicted molar refractivity (Wildman–Crippen MR) is 70.6 cm³/mol. The van der Waals surface area contributed by atoms with Crippen LogP contribution < -0.4 is 4.90 Å². The number of nitrogens with zero attached hydrogens (tertiary/aromatic N) is 3. The first-order chi connectivity index (χ1) is 8.80. The molecule has 0 spiro atoms. The number of aryl methyl sites for hydroxylation is 2. The van der Waals surface area contributed by atoms with Crippen molar-refractivity contribution < 1.29 is 5.11 Å². The van der Waals surface area contributed by atoms with Crippen molar-refractivity contribution in [2.24, 2.45) is 0 Å². The summed E-state index contributed by atoms with van der Waals surface area (Å²) in [5, 5.41) is 18.4. The van der Waals surface area contributed by atoms with Crippen molar-refractivity contribution >= 4 is 5.82 Å². The molecule has 1 aromatic heterocycles. The van der Waals surface area contributed by atoms with Crippen LogP contribution in [0.1, 0.15) is 36.6 Å². The van der Waals surface area contributed by atoms with Crippen molar-refractivity contribution in [3.05, 3.63) is 22.9 Å². The first kappa shape index (κ1) is 12.8. The minimum absolute atomic E-state index is 0.0869. The van der Waals surface area contributed by atoms with Crippen LogP contribution >= 0.6 is 0 Å². The third kappa shape index (κ3) is 2.46. The Bertz CT molecular complexity index is 459. The van der Waals surface area contributed by atoms with Crippen LogP contribution in [0.5, 0.6) is 0 Å². The summed E-state index contributed by atoms with van der Waals surface area (Å²) in [5.41, 5.74) is 2.98. The molecule has 0 aromatic carbocycles. The quantitative estimate of drug-likeness (QED) is 0.857. The van der Waals surface area contributed by atoms with Gasteiger partial charge in [-0.3, -0.25) is 0 Å². The Morgan fingerprint density at radius 2 is 2.28 bits per heavy atom. The van der Waals surface area contributed by atoms with Crippen molar-refractivity contribution in [2.45, 2.75) is 32.6 Å². The molecule has 1 aliphatic rings. The summed E-state index contributed by atoms with van der Waals surface area (Å²) in [4.78, 5) is 6.66. The van der Waals surface area contributed by atoms with E-state index in [1.54, 1.807) is 0 Å². The van der Waals surface area contributed by atoms with Gasteiger partial charge in [0.1, 0.15) is 11.9 Å². The first-order valence-electron chi connectivity index (χ1n) is 6.58. The van der Waals surface area contributed by atoms with Gasteiger partial charge in [0.2, 0.25) is 0 Å². The topological polar surface area (TPSA) is 60.1 Å². The van der Waals surface area contributed by atoms with Gasteiger partial charge in [0.05, 0.1) is 12.2 Å². The monoisotopic (exact) mass is 245 g/mol. The number of aromatic nitrogens is 1. The third-order valence-corrected chi connectivity index (χ3v) is 3.31. The van der Waals surface area contributed by atoms with E-state index in [2.05, 4.69) is 18.0 Å². The third-order valence-electron chi connectivity index (χ3n) is 3.31. The van der Waals surface area contributed by atoms with Crippen LogP contribution in [0.3, 0.4) is 0 Å². The largest absolute Gasteiger partial charge is 0.395 e. The van der Waals surface area contributed by atoms with Gasteiger partial charge in [-0.2, -0.15) is 5.26 Å². The van der Waals surface area contributed by atoms with Gasteiger partial charge in [-0.05, 0) is 37.3 Å². The molecule has 0 unspecified atom stereocenters. The summed E-state index contributed by atoms with van der Waals surface area (Å²) in [5.74, 6) is 0.744. The summed E-state index contributed by atoms with van der Waals surface area (Å²) >= 11 is 0. The molecule has 0 bridgehead atoms. The highest BCUT2D eigenvalue weighted by molar-refractivity contribution is 5.56. The number of hydrogen-bond donors (Lipinski definition) is 1. The summed E-state index contributed by atoms with van der Waals surface area (Å²) in [6, 6.07) is 4.21. The van der Waals surface area contributed by atoms with Crippen LogP contribution in [0.2, 0.25) is 0 Å². The fourth-order valence-corrected chi connectivity index (χ4v) is 2.50. The molecule has 4 heteroatoms. The molecule has 0 radical (unpaired) electrons. The maximum absolute atomic E-state index is 9.26. The van der Waals surface area contributed by atoms with E-state index in [1.165, 1.54) is 5.56 Å². The van der Waals surface area contributed by atoms with Crippen molar-refractivity contribution in [3.8, 4) is 6.07 Å². The zero-order valence-corrected chi connectivity index (χ0v) is 10.8. The minimum Gasteiger partial charge on any atom is -0.395 e. The Morgan fingerprint density at radius 1 is 1.44 bits per heavy atom. The Hall–Kier alpha value is -1.60. The highest BCUT2D eigenvalue weighted by atomic mass is 16.3. The van der Waals surface area contributed by atoms with E-state index in [0.717, 1.165) is 43.7 Å². The van der Waals surface area contributed by atoms with Gasteiger partial charge in [-0.15, -0.1) is 0 Å². The highest BCUT2D eigenvalue weighted by Crippen LogP contribution is 2.27. The van der Waals surface area contributed by atoms with Crippen LogP contribution in [-0.2, 0) is 12.8 Å². The second-order valence-electron chi connectivity index (χ2n) is 4.64. The van der Waals surface area contributed by atoms with E-state index in [-0.39, 0.29) is 6.61 Å². The van der Waals surface area contributed by atoms with Crippen molar-refractivity contribution in [1.29, 1.82) is 5.26 Å². The molecule has 0 amide bonds. The molecule has 0 saturated heterocycles. The zero-order chi connectivity index (χ0) is 13.0. The normalized spacial score (nSPS) is 13.2. The molecular weight excluding hydrogens is 226 g/mol. The SMILES string of the molecule is CCCN(CCO)c1nc2c(cc1C#N)CCC2. The summed E-state index contributed by atoms with van der Waals surface area (Å²) < 4.78 is 0. The molecular formula is C14H19N3O. The van der Waals surface area contributed by atoms with Gasteiger partial charge < -0.3 is 10.0 Å². The molecule has 0 saturated carbocycles. The van der Waals surface area contributed by atoms with Gasteiger partial charge in [-0.25, -0.2) is 4.98 Å². The molecule has 4 nitrogen and oxygen atoms in total. The summed E-state index contributed by atoms with van der Waals surface area (Å²) in [6.45, 7) is 3.53. The lowest BCUT2D eigenvalue weighted by Crippen LogP contribution is -2.29. The van der Waals surface area contributed by atoms with Gasteiger partial charge in [-0.1, -0.05) is 6.92 Å². The number of anilines is 1. The molecule has 0 aliphatic heterocycles. The van der Waals surface area contributed by atoms with Crippen molar-refractivity contribution in [1.82, 2.24) is 4.98 Å². The molecule has 0 fully saturated rings. The minimum atomic E-state index is 0.0869. The van der Waals surface area contributed by atoms with Crippen molar-refractivity contribution in [3.63, 3.8) is 0 Å². The van der Waals surface area contributed by atoms with E-state index in [4.69, 9.17) is 5.11 Å². The Kier molecular flexibility index (Phi) is 4.16. The molecule has 0 atom stereocenters. The van der Waals surface area contributed by atoms with E-state index in [0.29, 0.717) is 12.1 Å². The second-order valence-corrected chi connectivity index (χ2v) is 4.64. The Labute approximate surface area is 108 Å². The first-order valence-corrected chi connectivity index (χ1v) is 6.58. The van der Waals surface area contributed by atoms with E-state index < -0.39 is 0 Å². The lowest BCUT2D eigenvalue weighted by Gasteiger charge is -2.23. The van der Waals surface area contributed by atoms with Gasteiger partial charge >= 0.3 is 0 Å². The standard InChI is InChI=1S/C14H19N3O/c1-2-6-17(7-8-18)14-12(10-15)9-11-4-3-5-13(11)16-14/h9,18H,2-8H2,1H3. The molecule has 1 aromatic rings. The number of aliphatic hydroxyl groups excluding tert-OH is 1. The Morgan fingerprint density at radius 3 is 2.94 bits per heavy atom. The number of aliphatic hydroxyl groups is 1. The number of nitriles is 1. The number of fused-ring (bicyclic) bond motifs is 1. The molecule has 1 N–H and O–H groups in total. The van der Waals surface area contributed by atoms with E-state index >= 15 is 0 Å². The van der Waals surface area contributed by atoms with Crippen LogP contribution in [-0.4, -0.2) is 29.8 Å². The molecule has 2 rings (SSSR count). The van der Waals surface area contributed by atoms with Gasteiger partial charge in [0.15, 0.2) is 0 Å². The molecule has 18 heavy (non-hydrogen) atoms. The Balaban J connectivity index is 2.38. The van der Waals surface area contributed by atoms with Crippen LogP contribution in [0, 0.1) is 11.3 Å². The van der Waals surface area contributed by atoms with Crippen LogP contribution in [0.15, 0.2) is 6.07 Å². The zero-order valence-electron chi connectivity index (χ0n) is 10.8. The summed E-state index contributed by atoms with van der Waals surface area (Å²) in [6.07, 6.45) is 4.15. The lowest BCUT2D eigenvalue weighted by atomic mass is 10.1. The van der Waals surface area contributed by atoms with E-state index in [1.807, 2.05) is 11.0 Å². The second kappa shape index (κ2) is 5.83. The summed E-state index contributed by atoms with van der Waals surface area (Å²) in [7, 11) is 0. The number of hydrogen-bond acceptors (Lipinski definition) is 4. The highest BCUT2D eigenvalue weighted by Gasteiger charge is 2.19. The van der Waals surface area contributed by atoms with Gasteiger partial charge in [0, 0.05) is 18.8 Å². The number of rotatable bonds is 5. The maximum atomic E-state index is 9.26. The van der Waals surface area contributed by atoms with Crippen LogP contribution in [0.4, 0.5) is 5.82 Å². The number of pyridine rings is 1. The fraction of sp³-hybridized carbons (Fsp3) is 0.571. The van der Waals surface area contributed by atoms with Crippen molar-refractivity contribution in [2.75, 3.05) is 24.6 Å².